The second-order valence-electron chi connectivity index (χ2n) is 4.13. The van der Waals surface area contributed by atoms with Crippen LogP contribution in [0.15, 0.2) is 0 Å². The van der Waals surface area contributed by atoms with Crippen LogP contribution in [-0.2, 0) is 9.47 Å². The quantitative estimate of drug-likeness (QED) is 0.680. The van der Waals surface area contributed by atoms with Gasteiger partial charge in [0.05, 0.1) is 13.2 Å². The Morgan fingerprint density at radius 2 is 2.07 bits per heavy atom. The average Bonchev–Trinajstić information content (AvgIpc) is 2.67. The highest BCUT2D eigenvalue weighted by Crippen LogP contribution is 2.23. The van der Waals surface area contributed by atoms with E-state index in [1.807, 2.05) is 0 Å². The van der Waals surface area contributed by atoms with Crippen molar-refractivity contribution < 1.29 is 14.6 Å². The number of nitrogens with one attached hydrogen (secondary N) is 1. The number of hydrogen-bond donors (Lipinski definition) is 2. The lowest BCUT2D eigenvalue weighted by molar-refractivity contribution is -0.0795. The van der Waals surface area contributed by atoms with E-state index in [1.165, 1.54) is 12.8 Å². The largest absolute Gasteiger partial charge is 0.394 e. The summed E-state index contributed by atoms with van der Waals surface area (Å²) in [6.07, 6.45) is 3.25. The molecule has 0 aromatic carbocycles. The molecular formula is C10H19NO3. The van der Waals surface area contributed by atoms with Gasteiger partial charge in [0.2, 0.25) is 0 Å². The number of aliphatic hydroxyl groups excluding tert-OH is 1. The van der Waals surface area contributed by atoms with Gasteiger partial charge >= 0.3 is 0 Å². The Balaban J connectivity index is 1.69. The highest BCUT2D eigenvalue weighted by Gasteiger charge is 2.28. The molecule has 82 valence electrons. The number of piperidine rings is 1. The zero-order valence-corrected chi connectivity index (χ0v) is 8.45. The first-order valence-corrected chi connectivity index (χ1v) is 5.47. The van der Waals surface area contributed by atoms with Crippen LogP contribution in [0.5, 0.6) is 0 Å². The molecule has 2 aliphatic heterocycles. The molecule has 2 unspecified atom stereocenters. The molecule has 0 radical (unpaired) electrons. The molecule has 2 rings (SSSR count). The van der Waals surface area contributed by atoms with E-state index in [9.17, 15) is 0 Å². The number of rotatable bonds is 3. The van der Waals surface area contributed by atoms with Gasteiger partial charge in [0.25, 0.3) is 0 Å². The molecule has 0 spiro atoms. The molecule has 0 aromatic rings. The van der Waals surface area contributed by atoms with Gasteiger partial charge in [-0.1, -0.05) is 0 Å². The van der Waals surface area contributed by atoms with Crippen LogP contribution in [0.1, 0.15) is 19.3 Å². The molecule has 0 saturated carbocycles. The zero-order valence-electron chi connectivity index (χ0n) is 8.45. The Morgan fingerprint density at radius 1 is 1.29 bits per heavy atom. The average molecular weight is 201 g/mol. The minimum Gasteiger partial charge on any atom is -0.394 e. The molecule has 0 bridgehead atoms. The van der Waals surface area contributed by atoms with Gasteiger partial charge in [-0.15, -0.1) is 0 Å². The van der Waals surface area contributed by atoms with E-state index in [1.54, 1.807) is 0 Å². The molecule has 0 aromatic heterocycles. The van der Waals surface area contributed by atoms with Crippen molar-refractivity contribution in [2.24, 2.45) is 5.92 Å². The monoisotopic (exact) mass is 201 g/mol. The Kier molecular flexibility index (Phi) is 3.75. The molecule has 2 atom stereocenters. The molecular weight excluding hydrogens is 182 g/mol. The summed E-state index contributed by atoms with van der Waals surface area (Å²) in [5.74, 6) is 0.721. The number of hydrogen-bond acceptors (Lipinski definition) is 4. The number of aliphatic hydroxyl groups is 1. The second-order valence-corrected chi connectivity index (χ2v) is 4.13. The van der Waals surface area contributed by atoms with Crippen molar-refractivity contribution in [3.63, 3.8) is 0 Å². The van der Waals surface area contributed by atoms with Gasteiger partial charge in [0.15, 0.2) is 6.29 Å². The highest BCUT2D eigenvalue weighted by atomic mass is 16.7. The van der Waals surface area contributed by atoms with Crippen LogP contribution >= 0.6 is 0 Å². The normalized spacial score (nSPS) is 34.9. The molecule has 2 N–H and O–H groups in total. The van der Waals surface area contributed by atoms with Gasteiger partial charge < -0.3 is 19.9 Å². The van der Waals surface area contributed by atoms with E-state index >= 15 is 0 Å². The SMILES string of the molecule is OCC1COC(CC2CCNCC2)O1. The third kappa shape index (κ3) is 2.67. The Morgan fingerprint density at radius 3 is 2.71 bits per heavy atom. The fraction of sp³-hybridized carbons (Fsp3) is 1.00. The fourth-order valence-electron chi connectivity index (χ4n) is 2.12. The summed E-state index contributed by atoms with van der Waals surface area (Å²) < 4.78 is 11.0. The van der Waals surface area contributed by atoms with Gasteiger partial charge in [-0.3, -0.25) is 0 Å². The maximum absolute atomic E-state index is 8.87. The molecule has 2 saturated heterocycles. The topological polar surface area (TPSA) is 50.7 Å². The lowest BCUT2D eigenvalue weighted by atomic mass is 9.94. The van der Waals surface area contributed by atoms with Crippen LogP contribution in [0.25, 0.3) is 0 Å². The highest BCUT2D eigenvalue weighted by molar-refractivity contribution is 4.72. The van der Waals surface area contributed by atoms with E-state index in [-0.39, 0.29) is 19.0 Å². The maximum atomic E-state index is 8.87. The summed E-state index contributed by atoms with van der Waals surface area (Å²) in [6, 6.07) is 0. The van der Waals surface area contributed by atoms with Crippen molar-refractivity contribution in [1.29, 1.82) is 0 Å². The third-order valence-corrected chi connectivity index (χ3v) is 3.00. The molecule has 4 nitrogen and oxygen atoms in total. The molecule has 0 aliphatic carbocycles. The number of ether oxygens (including phenoxy) is 2. The first-order valence-electron chi connectivity index (χ1n) is 5.47. The van der Waals surface area contributed by atoms with Crippen molar-refractivity contribution in [3.05, 3.63) is 0 Å². The van der Waals surface area contributed by atoms with Gasteiger partial charge in [0, 0.05) is 6.42 Å². The van der Waals surface area contributed by atoms with E-state index < -0.39 is 0 Å². The van der Waals surface area contributed by atoms with Crippen molar-refractivity contribution in [2.75, 3.05) is 26.3 Å². The van der Waals surface area contributed by atoms with Gasteiger partial charge in [0.1, 0.15) is 6.10 Å². The molecule has 14 heavy (non-hydrogen) atoms. The zero-order chi connectivity index (χ0) is 9.80. The van der Waals surface area contributed by atoms with Crippen LogP contribution in [0.4, 0.5) is 0 Å². The Bertz CT molecular complexity index is 171. The molecule has 4 heteroatoms. The Labute approximate surface area is 84.6 Å². The molecule has 2 aliphatic rings. The van der Waals surface area contributed by atoms with Gasteiger partial charge in [-0.25, -0.2) is 0 Å². The van der Waals surface area contributed by atoms with E-state index in [2.05, 4.69) is 5.32 Å². The summed E-state index contributed by atoms with van der Waals surface area (Å²) >= 11 is 0. The van der Waals surface area contributed by atoms with Gasteiger partial charge in [-0.05, 0) is 31.8 Å². The molecule has 2 heterocycles. The van der Waals surface area contributed by atoms with Crippen molar-refractivity contribution in [3.8, 4) is 0 Å². The van der Waals surface area contributed by atoms with Crippen LogP contribution in [0, 0.1) is 5.92 Å². The minimum atomic E-state index is -0.0956. The standard InChI is InChI=1S/C10H19NO3/c12-6-9-7-13-10(14-9)5-8-1-3-11-4-2-8/h8-12H,1-7H2. The minimum absolute atomic E-state index is 0.0721. The van der Waals surface area contributed by atoms with E-state index in [0.29, 0.717) is 6.61 Å². The first-order chi connectivity index (χ1) is 6.88. The summed E-state index contributed by atoms with van der Waals surface area (Å²) in [6.45, 7) is 2.84. The van der Waals surface area contributed by atoms with Crippen molar-refractivity contribution in [1.82, 2.24) is 5.32 Å². The lowest BCUT2D eigenvalue weighted by Crippen LogP contribution is -2.30. The fourth-order valence-corrected chi connectivity index (χ4v) is 2.12. The molecule has 0 amide bonds. The van der Waals surface area contributed by atoms with Crippen molar-refractivity contribution >= 4 is 0 Å². The van der Waals surface area contributed by atoms with Crippen molar-refractivity contribution in [2.45, 2.75) is 31.7 Å². The smallest absolute Gasteiger partial charge is 0.158 e. The predicted molar refractivity (Wildman–Crippen MR) is 51.9 cm³/mol. The third-order valence-electron chi connectivity index (χ3n) is 3.00. The Hall–Kier alpha value is -0.160. The summed E-state index contributed by atoms with van der Waals surface area (Å²) in [5.41, 5.74) is 0. The van der Waals surface area contributed by atoms with Crippen LogP contribution < -0.4 is 5.32 Å². The van der Waals surface area contributed by atoms with E-state index in [0.717, 1.165) is 25.4 Å². The first kappa shape index (κ1) is 10.4. The predicted octanol–water partition coefficient (Wildman–Crippen LogP) is 0.110. The maximum Gasteiger partial charge on any atom is 0.158 e. The molecule has 2 fully saturated rings. The van der Waals surface area contributed by atoms with Gasteiger partial charge in [-0.2, -0.15) is 0 Å². The summed E-state index contributed by atoms with van der Waals surface area (Å²) in [7, 11) is 0. The summed E-state index contributed by atoms with van der Waals surface area (Å²) in [4.78, 5) is 0. The summed E-state index contributed by atoms with van der Waals surface area (Å²) in [5, 5.41) is 12.2. The second kappa shape index (κ2) is 5.07. The van der Waals surface area contributed by atoms with E-state index in [4.69, 9.17) is 14.6 Å². The van der Waals surface area contributed by atoms with Crippen LogP contribution in [0.2, 0.25) is 0 Å². The van der Waals surface area contributed by atoms with Crippen LogP contribution in [-0.4, -0.2) is 43.8 Å². The lowest BCUT2D eigenvalue weighted by Gasteiger charge is -2.24. The van der Waals surface area contributed by atoms with Crippen LogP contribution in [0.3, 0.4) is 0 Å².